The predicted molar refractivity (Wildman–Crippen MR) is 89.9 cm³/mol. The summed E-state index contributed by atoms with van der Waals surface area (Å²) in [6.07, 6.45) is 0.147. The smallest absolute Gasteiger partial charge is 0.337 e. The van der Waals surface area contributed by atoms with Crippen LogP contribution in [0, 0.1) is 0 Å². The Morgan fingerprint density at radius 1 is 1.09 bits per heavy atom. The van der Waals surface area contributed by atoms with Crippen molar-refractivity contribution in [2.45, 2.75) is 6.42 Å². The minimum absolute atomic E-state index is 0.0170. The predicted octanol–water partition coefficient (Wildman–Crippen LogP) is 4.64. The van der Waals surface area contributed by atoms with Crippen molar-refractivity contribution in [1.82, 2.24) is 0 Å². The molecule has 2 aromatic rings. The van der Waals surface area contributed by atoms with Crippen molar-refractivity contribution in [3.63, 3.8) is 0 Å². The number of nitrogens with one attached hydrogen (secondary N) is 1. The molecule has 0 saturated heterocycles. The molecule has 0 radical (unpaired) electrons. The van der Waals surface area contributed by atoms with Gasteiger partial charge in [-0.2, -0.15) is 0 Å². The van der Waals surface area contributed by atoms with Gasteiger partial charge in [-0.25, -0.2) is 4.79 Å². The first kappa shape index (κ1) is 16.8. The van der Waals surface area contributed by atoms with Gasteiger partial charge in [0.1, 0.15) is 0 Å². The van der Waals surface area contributed by atoms with Crippen LogP contribution >= 0.6 is 39.1 Å². The van der Waals surface area contributed by atoms with Crippen molar-refractivity contribution in [3.8, 4) is 0 Å². The molecular formula is C15H10BrCl2NO3. The van der Waals surface area contributed by atoms with Gasteiger partial charge in [-0.3, -0.25) is 4.79 Å². The number of carbonyl (C=O) groups excluding carboxylic acids is 1. The Labute approximate surface area is 145 Å². The second kappa shape index (κ2) is 7.13. The van der Waals surface area contributed by atoms with Gasteiger partial charge in [-0.1, -0.05) is 51.3 Å². The number of rotatable bonds is 4. The Balaban J connectivity index is 2.16. The molecule has 2 aromatic carbocycles. The van der Waals surface area contributed by atoms with Crippen molar-refractivity contribution < 1.29 is 14.7 Å². The zero-order valence-corrected chi connectivity index (χ0v) is 14.2. The van der Waals surface area contributed by atoms with Gasteiger partial charge in [0.05, 0.1) is 27.7 Å². The van der Waals surface area contributed by atoms with Crippen molar-refractivity contribution >= 4 is 56.7 Å². The SMILES string of the molecule is O=C(Cc1ccc(Br)cc1)Nc1cc(C(=O)O)c(Cl)cc1Cl. The number of carboxylic acids is 1. The fraction of sp³-hybridized carbons (Fsp3) is 0.0667. The van der Waals surface area contributed by atoms with Gasteiger partial charge in [0.2, 0.25) is 5.91 Å². The Hall–Kier alpha value is -1.56. The third-order valence-electron chi connectivity index (χ3n) is 2.84. The van der Waals surface area contributed by atoms with Crippen molar-refractivity contribution in [1.29, 1.82) is 0 Å². The highest BCUT2D eigenvalue weighted by Gasteiger charge is 2.14. The molecule has 2 N–H and O–H groups in total. The molecule has 22 heavy (non-hydrogen) atoms. The molecule has 0 spiro atoms. The lowest BCUT2D eigenvalue weighted by Gasteiger charge is -2.09. The van der Waals surface area contributed by atoms with Crippen LogP contribution in [0.2, 0.25) is 10.0 Å². The van der Waals surface area contributed by atoms with E-state index in [1.165, 1.54) is 12.1 Å². The number of hydrogen-bond donors (Lipinski definition) is 2. The van der Waals surface area contributed by atoms with Crippen LogP contribution in [0.5, 0.6) is 0 Å². The van der Waals surface area contributed by atoms with E-state index in [0.717, 1.165) is 10.0 Å². The first-order chi connectivity index (χ1) is 10.4. The molecular weight excluding hydrogens is 393 g/mol. The molecule has 4 nitrogen and oxygen atoms in total. The van der Waals surface area contributed by atoms with Gasteiger partial charge in [-0.05, 0) is 29.8 Å². The van der Waals surface area contributed by atoms with Gasteiger partial charge in [0.15, 0.2) is 0 Å². The summed E-state index contributed by atoms with van der Waals surface area (Å²) in [6, 6.07) is 9.83. The Morgan fingerprint density at radius 3 is 2.32 bits per heavy atom. The first-order valence-electron chi connectivity index (χ1n) is 6.13. The molecule has 0 atom stereocenters. The third-order valence-corrected chi connectivity index (χ3v) is 3.99. The molecule has 0 heterocycles. The number of anilines is 1. The van der Waals surface area contributed by atoms with E-state index in [1.54, 1.807) is 0 Å². The number of benzene rings is 2. The summed E-state index contributed by atoms with van der Waals surface area (Å²) in [7, 11) is 0. The monoisotopic (exact) mass is 401 g/mol. The molecule has 0 aliphatic heterocycles. The van der Waals surface area contributed by atoms with E-state index >= 15 is 0 Å². The largest absolute Gasteiger partial charge is 0.478 e. The molecule has 114 valence electrons. The summed E-state index contributed by atoms with van der Waals surface area (Å²) in [5.41, 5.74) is 0.917. The van der Waals surface area contributed by atoms with Gasteiger partial charge in [0, 0.05) is 4.47 Å². The summed E-state index contributed by atoms with van der Waals surface area (Å²) in [5, 5.41) is 11.8. The number of carbonyl (C=O) groups is 2. The molecule has 1 amide bonds. The van der Waals surface area contributed by atoms with Crippen LogP contribution in [0.4, 0.5) is 5.69 Å². The lowest BCUT2D eigenvalue weighted by Crippen LogP contribution is -2.15. The number of aromatic carboxylic acids is 1. The molecule has 0 fully saturated rings. The Morgan fingerprint density at radius 2 is 1.73 bits per heavy atom. The van der Waals surface area contributed by atoms with E-state index < -0.39 is 5.97 Å². The van der Waals surface area contributed by atoms with Gasteiger partial charge < -0.3 is 10.4 Å². The van der Waals surface area contributed by atoms with E-state index in [4.69, 9.17) is 28.3 Å². The highest BCUT2D eigenvalue weighted by atomic mass is 79.9. The second-order valence-corrected chi connectivity index (χ2v) is 6.20. The molecule has 7 heteroatoms. The maximum absolute atomic E-state index is 12.0. The van der Waals surface area contributed by atoms with Crippen LogP contribution in [-0.4, -0.2) is 17.0 Å². The first-order valence-corrected chi connectivity index (χ1v) is 7.68. The summed E-state index contributed by atoms with van der Waals surface area (Å²) in [4.78, 5) is 23.1. The van der Waals surface area contributed by atoms with Crippen molar-refractivity contribution in [2.75, 3.05) is 5.32 Å². The van der Waals surface area contributed by atoms with Crippen molar-refractivity contribution in [3.05, 3.63) is 62.0 Å². The van der Waals surface area contributed by atoms with Crippen LogP contribution < -0.4 is 5.32 Å². The van der Waals surface area contributed by atoms with E-state index in [9.17, 15) is 9.59 Å². The fourth-order valence-electron chi connectivity index (χ4n) is 1.79. The maximum Gasteiger partial charge on any atom is 0.337 e. The summed E-state index contributed by atoms with van der Waals surface area (Å²) < 4.78 is 0.920. The van der Waals surface area contributed by atoms with Gasteiger partial charge in [-0.15, -0.1) is 0 Å². The number of carboxylic acid groups (broad SMARTS) is 1. The average molecular weight is 403 g/mol. The normalized spacial score (nSPS) is 10.3. The van der Waals surface area contributed by atoms with E-state index in [-0.39, 0.29) is 33.6 Å². The number of amides is 1. The average Bonchev–Trinajstić information content (AvgIpc) is 2.44. The van der Waals surface area contributed by atoms with E-state index in [0.29, 0.717) is 0 Å². The molecule has 2 rings (SSSR count). The number of halogens is 3. The lowest BCUT2D eigenvalue weighted by atomic mass is 10.1. The number of hydrogen-bond acceptors (Lipinski definition) is 2. The van der Waals surface area contributed by atoms with E-state index in [1.807, 2.05) is 24.3 Å². The Kier molecular flexibility index (Phi) is 5.45. The van der Waals surface area contributed by atoms with Gasteiger partial charge >= 0.3 is 5.97 Å². The zero-order valence-electron chi connectivity index (χ0n) is 11.1. The highest BCUT2D eigenvalue weighted by molar-refractivity contribution is 9.10. The molecule has 0 aliphatic rings. The molecule has 0 aliphatic carbocycles. The quantitative estimate of drug-likeness (QED) is 0.782. The second-order valence-electron chi connectivity index (χ2n) is 4.47. The standard InChI is InChI=1S/C15H10BrCl2NO3/c16-9-3-1-8(2-4-9)5-14(20)19-13-6-10(15(21)22)11(17)7-12(13)18/h1-4,6-7H,5H2,(H,19,20)(H,21,22). The topological polar surface area (TPSA) is 66.4 Å². The molecule has 0 saturated carbocycles. The Bertz CT molecular complexity index is 732. The van der Waals surface area contributed by atoms with Crippen LogP contribution in [0.3, 0.4) is 0 Å². The highest BCUT2D eigenvalue weighted by Crippen LogP contribution is 2.29. The lowest BCUT2D eigenvalue weighted by molar-refractivity contribution is -0.115. The van der Waals surface area contributed by atoms with Crippen LogP contribution in [0.1, 0.15) is 15.9 Å². The minimum Gasteiger partial charge on any atom is -0.478 e. The van der Waals surface area contributed by atoms with E-state index in [2.05, 4.69) is 21.2 Å². The zero-order chi connectivity index (χ0) is 16.3. The van der Waals surface area contributed by atoms with Crippen molar-refractivity contribution in [2.24, 2.45) is 0 Å². The molecule has 0 bridgehead atoms. The van der Waals surface area contributed by atoms with Crippen LogP contribution in [0.15, 0.2) is 40.9 Å². The molecule has 0 unspecified atom stereocenters. The maximum atomic E-state index is 12.0. The summed E-state index contributed by atoms with van der Waals surface area (Å²) >= 11 is 15.1. The van der Waals surface area contributed by atoms with Gasteiger partial charge in [0.25, 0.3) is 0 Å². The fourth-order valence-corrected chi connectivity index (χ4v) is 2.57. The van der Waals surface area contributed by atoms with Crippen LogP contribution in [-0.2, 0) is 11.2 Å². The summed E-state index contributed by atoms with van der Waals surface area (Å²) in [6.45, 7) is 0. The van der Waals surface area contributed by atoms with Crippen LogP contribution in [0.25, 0.3) is 0 Å². The summed E-state index contributed by atoms with van der Waals surface area (Å²) in [5.74, 6) is -1.49. The molecule has 0 aromatic heterocycles. The third kappa shape index (κ3) is 4.22. The minimum atomic E-state index is -1.19.